The van der Waals surface area contributed by atoms with Gasteiger partial charge in [0.25, 0.3) is 0 Å². The molecule has 2 aliphatic carbocycles. The summed E-state index contributed by atoms with van der Waals surface area (Å²) < 4.78 is 0. The van der Waals surface area contributed by atoms with Crippen LogP contribution in [0.15, 0.2) is 24.0 Å². The number of fused-ring (bicyclic) bond motifs is 1. The molecule has 2 aliphatic rings. The lowest BCUT2D eigenvalue weighted by Gasteiger charge is -2.25. The first-order valence-corrected chi connectivity index (χ1v) is 4.45. The third-order valence-corrected chi connectivity index (χ3v) is 2.84. The van der Waals surface area contributed by atoms with E-state index in [0.29, 0.717) is 6.42 Å². The number of rotatable bonds is 1. The Morgan fingerprint density at radius 1 is 1.50 bits per heavy atom. The molecule has 2 N–H and O–H groups in total. The van der Waals surface area contributed by atoms with Crippen molar-refractivity contribution in [3.8, 4) is 0 Å². The second-order valence-electron chi connectivity index (χ2n) is 3.63. The molecule has 4 nitrogen and oxygen atoms in total. The number of carboxylic acids is 1. The highest BCUT2D eigenvalue weighted by Crippen LogP contribution is 2.39. The van der Waals surface area contributed by atoms with Crippen molar-refractivity contribution in [3.05, 3.63) is 24.0 Å². The summed E-state index contributed by atoms with van der Waals surface area (Å²) in [6.07, 6.45) is 4.94. The minimum Gasteiger partial charge on any atom is -0.512 e. The van der Waals surface area contributed by atoms with E-state index in [1.807, 2.05) is 0 Å². The lowest BCUT2D eigenvalue weighted by Crippen LogP contribution is -2.32. The van der Waals surface area contributed by atoms with Crippen LogP contribution in [0, 0.1) is 17.8 Å². The number of carboxylic acid groups (broad SMARTS) is 1. The van der Waals surface area contributed by atoms with Crippen molar-refractivity contribution in [2.45, 2.75) is 6.42 Å². The molecule has 74 valence electrons. The molecule has 2 rings (SSSR count). The number of hydrogen-bond acceptors (Lipinski definition) is 3. The second-order valence-corrected chi connectivity index (χ2v) is 3.63. The standard InChI is InChI=1S/C10H10O4/c11-7-4-8(12)9-5(7)2-1-3-6(9)10(13)14/h1,3-6,9,11H,2H2,(H,13,14)/t5-,6-,9+/m1/s1. The van der Waals surface area contributed by atoms with Gasteiger partial charge < -0.3 is 10.2 Å². The van der Waals surface area contributed by atoms with Gasteiger partial charge in [-0.25, -0.2) is 0 Å². The molecule has 0 fully saturated rings. The van der Waals surface area contributed by atoms with Crippen LogP contribution in [0.3, 0.4) is 0 Å². The smallest absolute Gasteiger partial charge is 0.311 e. The fraction of sp³-hybridized carbons (Fsp3) is 0.400. The largest absolute Gasteiger partial charge is 0.512 e. The van der Waals surface area contributed by atoms with Gasteiger partial charge in [0.05, 0.1) is 11.7 Å². The Hall–Kier alpha value is -1.58. The molecule has 0 unspecified atom stereocenters. The molecule has 0 aromatic heterocycles. The number of allylic oxidation sites excluding steroid dienone is 3. The summed E-state index contributed by atoms with van der Waals surface area (Å²) in [5.41, 5.74) is 0. The van der Waals surface area contributed by atoms with Crippen LogP contribution < -0.4 is 0 Å². The molecule has 0 radical (unpaired) electrons. The van der Waals surface area contributed by atoms with Crippen LogP contribution in [0.25, 0.3) is 0 Å². The maximum absolute atomic E-state index is 11.4. The zero-order valence-corrected chi connectivity index (χ0v) is 7.38. The van der Waals surface area contributed by atoms with Crippen LogP contribution in [-0.4, -0.2) is 22.0 Å². The molecule has 0 saturated heterocycles. The second kappa shape index (κ2) is 2.97. The Morgan fingerprint density at radius 3 is 2.86 bits per heavy atom. The van der Waals surface area contributed by atoms with E-state index in [4.69, 9.17) is 5.11 Å². The van der Waals surface area contributed by atoms with Crippen molar-refractivity contribution in [1.29, 1.82) is 0 Å². The minimum atomic E-state index is -1.01. The van der Waals surface area contributed by atoms with Crippen molar-refractivity contribution in [2.75, 3.05) is 0 Å². The molecule has 3 atom stereocenters. The van der Waals surface area contributed by atoms with Crippen molar-refractivity contribution in [3.63, 3.8) is 0 Å². The first-order valence-electron chi connectivity index (χ1n) is 4.45. The van der Waals surface area contributed by atoms with Crippen LogP contribution in [0.5, 0.6) is 0 Å². The summed E-state index contributed by atoms with van der Waals surface area (Å²) in [6, 6.07) is 0. The summed E-state index contributed by atoms with van der Waals surface area (Å²) in [4.78, 5) is 22.2. The Morgan fingerprint density at radius 2 is 2.21 bits per heavy atom. The number of aliphatic hydroxyl groups excluding tert-OH is 1. The van der Waals surface area contributed by atoms with Gasteiger partial charge in [-0.05, 0) is 6.42 Å². The van der Waals surface area contributed by atoms with Gasteiger partial charge in [0, 0.05) is 17.9 Å². The van der Waals surface area contributed by atoms with Gasteiger partial charge in [-0.2, -0.15) is 0 Å². The summed E-state index contributed by atoms with van der Waals surface area (Å²) in [5.74, 6) is -2.97. The molecule has 0 bridgehead atoms. The number of hydrogen-bond donors (Lipinski definition) is 2. The predicted octanol–water partition coefficient (Wildman–Crippen LogP) is 0.904. The highest BCUT2D eigenvalue weighted by Gasteiger charge is 2.44. The van der Waals surface area contributed by atoms with Crippen molar-refractivity contribution < 1.29 is 19.8 Å². The molecule has 0 aliphatic heterocycles. The molecule has 0 heterocycles. The van der Waals surface area contributed by atoms with E-state index in [2.05, 4.69) is 0 Å². The Bertz CT molecular complexity index is 353. The highest BCUT2D eigenvalue weighted by molar-refractivity contribution is 5.98. The minimum absolute atomic E-state index is 0.0237. The third-order valence-electron chi connectivity index (χ3n) is 2.84. The molecule has 0 aromatic rings. The van der Waals surface area contributed by atoms with Gasteiger partial charge in [0.1, 0.15) is 0 Å². The first kappa shape index (κ1) is 8.99. The zero-order valence-electron chi connectivity index (χ0n) is 7.38. The molecule has 0 aromatic carbocycles. The van der Waals surface area contributed by atoms with E-state index >= 15 is 0 Å². The summed E-state index contributed by atoms with van der Waals surface area (Å²) in [7, 11) is 0. The highest BCUT2D eigenvalue weighted by atomic mass is 16.4. The average molecular weight is 194 g/mol. The van der Waals surface area contributed by atoms with Gasteiger partial charge in [-0.15, -0.1) is 0 Å². The Balaban J connectivity index is 2.34. The van der Waals surface area contributed by atoms with Crippen LogP contribution in [0.2, 0.25) is 0 Å². The lowest BCUT2D eigenvalue weighted by atomic mass is 9.76. The fourth-order valence-corrected chi connectivity index (χ4v) is 2.15. The summed E-state index contributed by atoms with van der Waals surface area (Å²) >= 11 is 0. The fourth-order valence-electron chi connectivity index (χ4n) is 2.15. The van der Waals surface area contributed by atoms with E-state index in [0.717, 1.165) is 6.08 Å². The Kier molecular flexibility index (Phi) is 1.91. The van der Waals surface area contributed by atoms with Gasteiger partial charge >= 0.3 is 5.97 Å². The van der Waals surface area contributed by atoms with Gasteiger partial charge in [0.15, 0.2) is 5.78 Å². The average Bonchev–Trinajstić information content (AvgIpc) is 2.43. The summed E-state index contributed by atoms with van der Waals surface area (Å²) in [5, 5.41) is 18.3. The maximum atomic E-state index is 11.4. The monoisotopic (exact) mass is 194 g/mol. The van der Waals surface area contributed by atoms with E-state index in [1.165, 1.54) is 6.08 Å². The van der Waals surface area contributed by atoms with Crippen molar-refractivity contribution in [1.82, 2.24) is 0 Å². The maximum Gasteiger partial charge on any atom is 0.311 e. The molecular weight excluding hydrogens is 184 g/mol. The molecule has 4 heteroatoms. The predicted molar refractivity (Wildman–Crippen MR) is 47.6 cm³/mol. The lowest BCUT2D eigenvalue weighted by molar-refractivity contribution is -0.144. The van der Waals surface area contributed by atoms with Gasteiger partial charge in [0.2, 0.25) is 0 Å². The topological polar surface area (TPSA) is 74.6 Å². The van der Waals surface area contributed by atoms with E-state index in [1.54, 1.807) is 6.08 Å². The van der Waals surface area contributed by atoms with Gasteiger partial charge in [-0.3, -0.25) is 9.59 Å². The normalized spacial score (nSPS) is 35.3. The summed E-state index contributed by atoms with van der Waals surface area (Å²) in [6.45, 7) is 0. The number of aliphatic carboxylic acids is 1. The Labute approximate surface area is 80.5 Å². The van der Waals surface area contributed by atoms with E-state index in [9.17, 15) is 14.7 Å². The van der Waals surface area contributed by atoms with Crippen molar-refractivity contribution >= 4 is 11.8 Å². The van der Waals surface area contributed by atoms with Crippen LogP contribution in [0.4, 0.5) is 0 Å². The SMILES string of the molecule is O=C1C=C(O)[C@H]2CC=C[C@@H](C(=O)O)[C@@H]12. The quantitative estimate of drug-likeness (QED) is 0.608. The number of carbonyl (C=O) groups excluding carboxylic acids is 1. The van der Waals surface area contributed by atoms with E-state index in [-0.39, 0.29) is 17.5 Å². The van der Waals surface area contributed by atoms with Crippen LogP contribution in [0.1, 0.15) is 6.42 Å². The molecule has 0 amide bonds. The number of ketones is 1. The van der Waals surface area contributed by atoms with Crippen LogP contribution in [-0.2, 0) is 9.59 Å². The first-order chi connectivity index (χ1) is 6.61. The number of aliphatic hydroxyl groups is 1. The molecule has 0 spiro atoms. The van der Waals surface area contributed by atoms with Crippen LogP contribution >= 0.6 is 0 Å². The molecule has 14 heavy (non-hydrogen) atoms. The third kappa shape index (κ3) is 1.14. The number of carbonyl (C=O) groups is 2. The van der Waals surface area contributed by atoms with Crippen molar-refractivity contribution in [2.24, 2.45) is 17.8 Å². The molecule has 0 saturated carbocycles. The molecular formula is C10H10O4. The zero-order chi connectivity index (χ0) is 10.3. The van der Waals surface area contributed by atoms with Gasteiger partial charge in [-0.1, -0.05) is 12.2 Å². The van der Waals surface area contributed by atoms with E-state index < -0.39 is 17.8 Å².